The molecule has 5 nitrogen and oxygen atoms in total. The van der Waals surface area contributed by atoms with Gasteiger partial charge in [0.25, 0.3) is 0 Å². The van der Waals surface area contributed by atoms with Crippen LogP contribution in [0.1, 0.15) is 11.3 Å². The van der Waals surface area contributed by atoms with E-state index in [-0.39, 0.29) is 5.43 Å². The monoisotopic (exact) mass is 470 g/mol. The maximum absolute atomic E-state index is 12.0. The van der Waals surface area contributed by atoms with Gasteiger partial charge in [0.15, 0.2) is 9.35 Å². The number of thiazole rings is 1. The molecule has 0 aliphatic carbocycles. The van der Waals surface area contributed by atoms with Gasteiger partial charge in [-0.25, -0.2) is 4.98 Å². The molecule has 0 amide bonds. The minimum atomic E-state index is 0.0330. The van der Waals surface area contributed by atoms with E-state index in [0.29, 0.717) is 5.39 Å². The molecule has 3 rings (SSSR count). The smallest absolute Gasteiger partial charge is 0.191 e. The molecule has 0 spiro atoms. The standard InChI is InChI=1S/C16H16Br2N4OS/c17-15-13(24-16(18)22-15)9-19-6-3-7-20-14-8-12(23)10-4-1-2-5-11(10)21-14/h1-2,4-5,8,19H,3,6-7,9H2,(H2,20,21,23). The van der Waals surface area contributed by atoms with E-state index >= 15 is 0 Å². The van der Waals surface area contributed by atoms with Crippen molar-refractivity contribution in [3.8, 4) is 0 Å². The lowest BCUT2D eigenvalue weighted by Crippen LogP contribution is -2.18. The van der Waals surface area contributed by atoms with E-state index in [4.69, 9.17) is 0 Å². The van der Waals surface area contributed by atoms with Crippen molar-refractivity contribution in [2.45, 2.75) is 13.0 Å². The van der Waals surface area contributed by atoms with Gasteiger partial charge in [0.1, 0.15) is 10.4 Å². The summed E-state index contributed by atoms with van der Waals surface area (Å²) in [5, 5.41) is 7.37. The number of H-pyrrole nitrogens is 1. The number of hydrogen-bond donors (Lipinski definition) is 3. The fraction of sp³-hybridized carbons (Fsp3) is 0.250. The summed E-state index contributed by atoms with van der Waals surface area (Å²) < 4.78 is 1.77. The minimum Gasteiger partial charge on any atom is -0.371 e. The Morgan fingerprint density at radius 2 is 2.04 bits per heavy atom. The fourth-order valence-electron chi connectivity index (χ4n) is 2.35. The second-order valence-electron chi connectivity index (χ2n) is 5.23. The molecule has 0 unspecified atom stereocenters. The van der Waals surface area contributed by atoms with E-state index in [2.05, 4.69) is 52.5 Å². The first-order valence-corrected chi connectivity index (χ1v) is 9.91. The molecule has 3 aromatic rings. The van der Waals surface area contributed by atoms with Crippen molar-refractivity contribution in [2.75, 3.05) is 18.4 Å². The molecule has 0 aliphatic heterocycles. The summed E-state index contributed by atoms with van der Waals surface area (Å²) >= 11 is 8.43. The average molecular weight is 472 g/mol. The molecule has 2 aromatic heterocycles. The topological polar surface area (TPSA) is 69.8 Å². The molecule has 0 saturated carbocycles. The number of rotatable bonds is 7. The van der Waals surface area contributed by atoms with Crippen molar-refractivity contribution in [3.05, 3.63) is 54.0 Å². The van der Waals surface area contributed by atoms with Crippen LogP contribution in [0.25, 0.3) is 10.9 Å². The van der Waals surface area contributed by atoms with Gasteiger partial charge in [-0.3, -0.25) is 4.79 Å². The van der Waals surface area contributed by atoms with Gasteiger partial charge in [0, 0.05) is 24.5 Å². The highest BCUT2D eigenvalue weighted by molar-refractivity contribution is 9.11. The van der Waals surface area contributed by atoms with Gasteiger partial charge in [-0.2, -0.15) is 0 Å². The third-order valence-corrected chi connectivity index (χ3v) is 5.92. The first-order valence-electron chi connectivity index (χ1n) is 7.51. The SMILES string of the molecule is O=c1cc(NCCCNCc2sc(Br)nc2Br)[nH]c2ccccc12. The number of aromatic nitrogens is 2. The van der Waals surface area contributed by atoms with Gasteiger partial charge in [0.2, 0.25) is 0 Å². The Hall–Kier alpha value is -1.22. The molecule has 1 aromatic carbocycles. The van der Waals surface area contributed by atoms with Crippen LogP contribution in [-0.2, 0) is 6.54 Å². The maximum Gasteiger partial charge on any atom is 0.191 e. The summed E-state index contributed by atoms with van der Waals surface area (Å²) in [6.45, 7) is 2.46. The molecule has 0 saturated heterocycles. The Morgan fingerprint density at radius 3 is 2.83 bits per heavy atom. The van der Waals surface area contributed by atoms with E-state index in [1.54, 1.807) is 17.4 Å². The van der Waals surface area contributed by atoms with Crippen LogP contribution in [0.4, 0.5) is 5.82 Å². The van der Waals surface area contributed by atoms with Crippen molar-refractivity contribution in [1.82, 2.24) is 15.3 Å². The fourth-order valence-corrected chi connectivity index (χ4v) is 4.67. The van der Waals surface area contributed by atoms with Gasteiger partial charge in [-0.1, -0.05) is 12.1 Å². The molecule has 0 atom stereocenters. The summed E-state index contributed by atoms with van der Waals surface area (Å²) in [5.41, 5.74) is 0.886. The first-order chi connectivity index (χ1) is 11.6. The number of hydrogen-bond acceptors (Lipinski definition) is 5. The van der Waals surface area contributed by atoms with E-state index in [1.165, 1.54) is 4.88 Å². The van der Waals surface area contributed by atoms with Gasteiger partial charge < -0.3 is 15.6 Å². The number of para-hydroxylation sites is 1. The highest BCUT2D eigenvalue weighted by Crippen LogP contribution is 2.26. The second-order valence-corrected chi connectivity index (χ2v) is 8.34. The molecule has 8 heteroatoms. The van der Waals surface area contributed by atoms with Gasteiger partial charge in [-0.15, -0.1) is 11.3 Å². The van der Waals surface area contributed by atoms with Gasteiger partial charge >= 0.3 is 0 Å². The number of fused-ring (bicyclic) bond motifs is 1. The van der Waals surface area contributed by atoms with E-state index in [0.717, 1.165) is 45.9 Å². The predicted molar refractivity (Wildman–Crippen MR) is 107 cm³/mol. The molecule has 24 heavy (non-hydrogen) atoms. The summed E-state index contributed by atoms with van der Waals surface area (Å²) in [6.07, 6.45) is 0.951. The van der Waals surface area contributed by atoms with Crippen molar-refractivity contribution in [3.63, 3.8) is 0 Å². The highest BCUT2D eigenvalue weighted by Gasteiger charge is 2.06. The Bertz CT molecular complexity index is 893. The van der Waals surface area contributed by atoms with E-state index in [9.17, 15) is 4.79 Å². The third-order valence-electron chi connectivity index (χ3n) is 3.49. The summed E-state index contributed by atoms with van der Waals surface area (Å²) in [4.78, 5) is 20.7. The van der Waals surface area contributed by atoms with Crippen molar-refractivity contribution in [2.24, 2.45) is 0 Å². The molecular weight excluding hydrogens is 456 g/mol. The van der Waals surface area contributed by atoms with Crippen LogP contribution in [0.15, 0.2) is 43.6 Å². The minimum absolute atomic E-state index is 0.0330. The van der Waals surface area contributed by atoms with Crippen LogP contribution in [0.5, 0.6) is 0 Å². The van der Waals surface area contributed by atoms with Gasteiger partial charge in [-0.05, 0) is 57.0 Å². The highest BCUT2D eigenvalue weighted by atomic mass is 79.9. The number of benzene rings is 1. The van der Waals surface area contributed by atoms with E-state index < -0.39 is 0 Å². The van der Waals surface area contributed by atoms with Crippen LogP contribution in [0.3, 0.4) is 0 Å². The Morgan fingerprint density at radius 1 is 1.21 bits per heavy atom. The second kappa shape index (κ2) is 8.24. The number of anilines is 1. The third kappa shape index (κ3) is 4.44. The predicted octanol–water partition coefficient (Wildman–Crippen LogP) is 4.10. The summed E-state index contributed by atoms with van der Waals surface area (Å²) in [6, 6.07) is 9.15. The number of aromatic amines is 1. The maximum atomic E-state index is 12.0. The molecule has 0 radical (unpaired) electrons. The summed E-state index contributed by atoms with van der Waals surface area (Å²) in [5.74, 6) is 0.757. The van der Waals surface area contributed by atoms with Crippen molar-refractivity contribution >= 4 is 59.9 Å². The lowest BCUT2D eigenvalue weighted by molar-refractivity contribution is 0.666. The molecular formula is C16H16Br2N4OS. The zero-order valence-corrected chi connectivity index (χ0v) is 16.7. The number of pyridine rings is 1. The largest absolute Gasteiger partial charge is 0.371 e. The number of halogens is 2. The first kappa shape index (κ1) is 17.6. The zero-order chi connectivity index (χ0) is 16.9. The zero-order valence-electron chi connectivity index (χ0n) is 12.7. The quantitative estimate of drug-likeness (QED) is 0.453. The lowest BCUT2D eigenvalue weighted by Gasteiger charge is -2.08. The van der Waals surface area contributed by atoms with Crippen LogP contribution in [-0.4, -0.2) is 23.1 Å². The van der Waals surface area contributed by atoms with E-state index in [1.807, 2.05) is 24.3 Å². The molecule has 0 fully saturated rings. The average Bonchev–Trinajstić information content (AvgIpc) is 2.88. The van der Waals surface area contributed by atoms with Crippen LogP contribution < -0.4 is 16.1 Å². The van der Waals surface area contributed by atoms with Crippen LogP contribution >= 0.6 is 43.2 Å². The van der Waals surface area contributed by atoms with Crippen molar-refractivity contribution in [1.29, 1.82) is 0 Å². The molecule has 0 bridgehead atoms. The Balaban J connectivity index is 1.45. The Kier molecular flexibility index (Phi) is 6.04. The lowest BCUT2D eigenvalue weighted by atomic mass is 10.2. The normalized spacial score (nSPS) is 11.1. The Labute approximate surface area is 160 Å². The number of nitrogens with one attached hydrogen (secondary N) is 3. The van der Waals surface area contributed by atoms with Gasteiger partial charge in [0.05, 0.1) is 10.4 Å². The molecule has 3 N–H and O–H groups in total. The summed E-state index contributed by atoms with van der Waals surface area (Å²) in [7, 11) is 0. The number of nitrogens with zero attached hydrogens (tertiary/aromatic N) is 1. The van der Waals surface area contributed by atoms with Crippen LogP contribution in [0.2, 0.25) is 0 Å². The van der Waals surface area contributed by atoms with Crippen LogP contribution in [0, 0.1) is 0 Å². The molecule has 0 aliphatic rings. The van der Waals surface area contributed by atoms with Crippen molar-refractivity contribution < 1.29 is 0 Å². The molecule has 126 valence electrons. The molecule has 2 heterocycles.